The van der Waals surface area contributed by atoms with Gasteiger partial charge in [-0.15, -0.1) is 0 Å². The van der Waals surface area contributed by atoms with Crippen molar-refractivity contribution in [3.8, 4) is 0 Å². The number of carbonyl (C=O) groups is 1. The van der Waals surface area contributed by atoms with Crippen molar-refractivity contribution in [2.24, 2.45) is 0 Å². The summed E-state index contributed by atoms with van der Waals surface area (Å²) in [5.41, 5.74) is 2.36. The summed E-state index contributed by atoms with van der Waals surface area (Å²) in [7, 11) is -3.31. The zero-order chi connectivity index (χ0) is 14.9. The molecular weight excluding hydrogens is 288 g/mol. The summed E-state index contributed by atoms with van der Waals surface area (Å²) in [6.07, 6.45) is 5.70. The second kappa shape index (κ2) is 5.67. The van der Waals surface area contributed by atoms with Gasteiger partial charge in [-0.2, -0.15) is 0 Å². The molecule has 1 fully saturated rings. The number of anilines is 2. The zero-order valence-corrected chi connectivity index (χ0v) is 12.7. The fourth-order valence-corrected chi connectivity index (χ4v) is 4.65. The maximum absolute atomic E-state index is 12.4. The summed E-state index contributed by atoms with van der Waals surface area (Å²) in [5.74, 6) is 0.0121. The molecule has 1 saturated carbocycles. The minimum Gasteiger partial charge on any atom is -0.326 e. The molecule has 2 N–H and O–H groups in total. The van der Waals surface area contributed by atoms with Crippen LogP contribution in [0, 0.1) is 0 Å². The van der Waals surface area contributed by atoms with Gasteiger partial charge in [-0.05, 0) is 43.0 Å². The van der Waals surface area contributed by atoms with Gasteiger partial charge in [-0.3, -0.25) is 9.52 Å². The molecule has 1 aromatic rings. The summed E-state index contributed by atoms with van der Waals surface area (Å²) in [6.45, 7) is 0. The van der Waals surface area contributed by atoms with Gasteiger partial charge in [-0.1, -0.05) is 19.3 Å². The van der Waals surface area contributed by atoms with E-state index in [1.807, 2.05) is 6.07 Å². The summed E-state index contributed by atoms with van der Waals surface area (Å²) in [5, 5.41) is 2.52. The number of nitrogens with one attached hydrogen (secondary N) is 2. The van der Waals surface area contributed by atoms with Crippen molar-refractivity contribution in [3.05, 3.63) is 23.8 Å². The number of aryl methyl sites for hydroxylation is 1. The molecule has 1 aliphatic heterocycles. The molecule has 114 valence electrons. The Hall–Kier alpha value is -1.56. The third-order valence-corrected chi connectivity index (χ3v) is 6.12. The van der Waals surface area contributed by atoms with E-state index in [1.165, 1.54) is 0 Å². The van der Waals surface area contributed by atoms with E-state index in [-0.39, 0.29) is 11.2 Å². The van der Waals surface area contributed by atoms with Gasteiger partial charge in [0, 0.05) is 17.8 Å². The van der Waals surface area contributed by atoms with Gasteiger partial charge in [-0.25, -0.2) is 8.42 Å². The number of amides is 1. The highest BCUT2D eigenvalue weighted by Crippen LogP contribution is 2.28. The molecule has 0 radical (unpaired) electrons. The number of hydrogen-bond acceptors (Lipinski definition) is 3. The molecule has 0 saturated heterocycles. The first-order valence-corrected chi connectivity index (χ1v) is 9.04. The van der Waals surface area contributed by atoms with Gasteiger partial charge in [0.05, 0.1) is 5.25 Å². The molecule has 2 aliphatic rings. The molecule has 0 spiro atoms. The lowest BCUT2D eigenvalue weighted by atomic mass is 10.0. The first-order chi connectivity index (χ1) is 10.0. The average molecular weight is 308 g/mol. The topological polar surface area (TPSA) is 75.3 Å². The average Bonchev–Trinajstić information content (AvgIpc) is 2.48. The van der Waals surface area contributed by atoms with Crippen LogP contribution in [0.2, 0.25) is 0 Å². The second-order valence-electron chi connectivity index (χ2n) is 5.83. The molecule has 0 unspecified atom stereocenters. The molecule has 21 heavy (non-hydrogen) atoms. The van der Waals surface area contributed by atoms with E-state index in [0.717, 1.165) is 43.4 Å². The number of fused-ring (bicyclic) bond motifs is 1. The van der Waals surface area contributed by atoms with Crippen LogP contribution in [0.25, 0.3) is 0 Å². The fraction of sp³-hybridized carbons (Fsp3) is 0.533. The molecule has 6 heteroatoms. The molecule has 0 atom stereocenters. The van der Waals surface area contributed by atoms with Crippen LogP contribution in [-0.2, 0) is 21.2 Å². The Morgan fingerprint density at radius 1 is 1.10 bits per heavy atom. The summed E-state index contributed by atoms with van der Waals surface area (Å²) in [4.78, 5) is 11.3. The number of rotatable bonds is 3. The lowest BCUT2D eigenvalue weighted by Gasteiger charge is -2.23. The normalized spacial score (nSPS) is 19.7. The second-order valence-corrected chi connectivity index (χ2v) is 7.79. The molecule has 0 aromatic heterocycles. The Balaban J connectivity index is 1.77. The van der Waals surface area contributed by atoms with E-state index in [0.29, 0.717) is 18.5 Å². The van der Waals surface area contributed by atoms with Crippen molar-refractivity contribution < 1.29 is 13.2 Å². The number of hydrogen-bond donors (Lipinski definition) is 2. The third-order valence-electron chi connectivity index (χ3n) is 4.25. The van der Waals surface area contributed by atoms with Crippen molar-refractivity contribution in [1.82, 2.24) is 0 Å². The quantitative estimate of drug-likeness (QED) is 0.901. The summed E-state index contributed by atoms with van der Waals surface area (Å²) >= 11 is 0. The van der Waals surface area contributed by atoms with Gasteiger partial charge < -0.3 is 5.32 Å². The van der Waals surface area contributed by atoms with E-state index in [9.17, 15) is 13.2 Å². The molecule has 1 aliphatic carbocycles. The zero-order valence-electron chi connectivity index (χ0n) is 11.9. The lowest BCUT2D eigenvalue weighted by Crippen LogP contribution is -2.29. The van der Waals surface area contributed by atoms with Crippen molar-refractivity contribution >= 4 is 27.3 Å². The van der Waals surface area contributed by atoms with Crippen LogP contribution in [0.5, 0.6) is 0 Å². The monoisotopic (exact) mass is 308 g/mol. The van der Waals surface area contributed by atoms with E-state index in [4.69, 9.17) is 0 Å². The van der Waals surface area contributed by atoms with Gasteiger partial charge in [0.25, 0.3) is 0 Å². The molecule has 5 nitrogen and oxygen atoms in total. The maximum Gasteiger partial charge on any atom is 0.235 e. The van der Waals surface area contributed by atoms with E-state index < -0.39 is 10.0 Å². The smallest absolute Gasteiger partial charge is 0.235 e. The largest absolute Gasteiger partial charge is 0.326 e. The van der Waals surface area contributed by atoms with Crippen LogP contribution in [0.4, 0.5) is 11.4 Å². The number of benzene rings is 1. The Kier molecular flexibility index (Phi) is 3.89. The highest BCUT2D eigenvalue weighted by atomic mass is 32.2. The minimum atomic E-state index is -3.31. The molecule has 1 amide bonds. The molecule has 1 aromatic carbocycles. The van der Waals surface area contributed by atoms with Crippen molar-refractivity contribution in [2.75, 3.05) is 10.0 Å². The van der Waals surface area contributed by atoms with Crippen LogP contribution in [0.1, 0.15) is 44.1 Å². The Morgan fingerprint density at radius 2 is 1.86 bits per heavy atom. The van der Waals surface area contributed by atoms with Crippen LogP contribution < -0.4 is 10.0 Å². The van der Waals surface area contributed by atoms with Crippen LogP contribution in [0.15, 0.2) is 18.2 Å². The van der Waals surface area contributed by atoms with E-state index >= 15 is 0 Å². The SMILES string of the molecule is O=C1CCc2cc(NS(=O)(=O)C3CCCCC3)ccc2N1. The fourth-order valence-electron chi connectivity index (χ4n) is 3.07. The molecule has 3 rings (SSSR count). The van der Waals surface area contributed by atoms with Crippen LogP contribution in [-0.4, -0.2) is 19.6 Å². The van der Waals surface area contributed by atoms with Crippen molar-refractivity contribution in [3.63, 3.8) is 0 Å². The Morgan fingerprint density at radius 3 is 2.62 bits per heavy atom. The minimum absolute atomic E-state index is 0.0121. The Bertz CT molecular complexity index is 649. The highest BCUT2D eigenvalue weighted by molar-refractivity contribution is 7.93. The number of carbonyl (C=O) groups excluding carboxylic acids is 1. The molecule has 0 bridgehead atoms. The third kappa shape index (κ3) is 3.20. The first kappa shape index (κ1) is 14.4. The maximum atomic E-state index is 12.4. The van der Waals surface area contributed by atoms with Crippen molar-refractivity contribution in [2.45, 2.75) is 50.2 Å². The Labute approximate surface area is 125 Å². The van der Waals surface area contributed by atoms with Crippen molar-refractivity contribution in [1.29, 1.82) is 0 Å². The summed E-state index contributed by atoms with van der Waals surface area (Å²) in [6, 6.07) is 5.31. The standard InChI is InChI=1S/C15H20N2O3S/c18-15-9-6-11-10-12(7-8-14(11)16-15)17-21(19,20)13-4-2-1-3-5-13/h7-8,10,13,17H,1-6,9H2,(H,16,18). The van der Waals surface area contributed by atoms with Gasteiger partial charge in [0.15, 0.2) is 0 Å². The highest BCUT2D eigenvalue weighted by Gasteiger charge is 2.27. The first-order valence-electron chi connectivity index (χ1n) is 7.49. The summed E-state index contributed by atoms with van der Waals surface area (Å²) < 4.78 is 27.5. The molecule has 1 heterocycles. The van der Waals surface area contributed by atoms with Crippen LogP contribution in [0.3, 0.4) is 0 Å². The van der Waals surface area contributed by atoms with Gasteiger partial charge in [0.1, 0.15) is 0 Å². The van der Waals surface area contributed by atoms with Crippen LogP contribution >= 0.6 is 0 Å². The van der Waals surface area contributed by atoms with E-state index in [1.54, 1.807) is 12.1 Å². The van der Waals surface area contributed by atoms with Gasteiger partial charge >= 0.3 is 0 Å². The van der Waals surface area contributed by atoms with Gasteiger partial charge in [0.2, 0.25) is 15.9 Å². The predicted molar refractivity (Wildman–Crippen MR) is 82.8 cm³/mol. The lowest BCUT2D eigenvalue weighted by molar-refractivity contribution is -0.116. The van der Waals surface area contributed by atoms with E-state index in [2.05, 4.69) is 10.0 Å². The number of sulfonamides is 1. The predicted octanol–water partition coefficient (Wildman–Crippen LogP) is 2.65. The molecular formula is C15H20N2O3S.